The van der Waals surface area contributed by atoms with E-state index in [-0.39, 0.29) is 5.60 Å². The average molecular weight is 316 g/mol. The molecule has 0 N–H and O–H groups in total. The summed E-state index contributed by atoms with van der Waals surface area (Å²) in [5.74, 6) is 2.13. The van der Waals surface area contributed by atoms with Gasteiger partial charge in [0.25, 0.3) is 0 Å². The molecule has 0 aromatic carbocycles. The number of carbonyl (C=O) groups excluding carboxylic acids is 1. The summed E-state index contributed by atoms with van der Waals surface area (Å²) in [6.07, 6.45) is 6.97. The second-order valence-corrected chi connectivity index (χ2v) is 7.10. The Balaban J connectivity index is 1.25. The van der Waals surface area contributed by atoms with Crippen LogP contribution in [0.5, 0.6) is 5.88 Å². The third-order valence-corrected chi connectivity index (χ3v) is 5.38. The number of rotatable bonds is 6. The van der Waals surface area contributed by atoms with Gasteiger partial charge in [0.05, 0.1) is 19.7 Å². The molecule has 0 unspecified atom stereocenters. The standard InChI is InChI=1S/C18H24N2O3/c21-17(11-14-4-5-14)20-12-18(13-20)15(7-10-23-18)6-9-22-16-3-1-2-8-19-16/h1-3,8,14-15H,4-7,9-13H2/t15-/m1/s1. The van der Waals surface area contributed by atoms with Gasteiger partial charge < -0.3 is 14.4 Å². The van der Waals surface area contributed by atoms with Crippen LogP contribution in [0.4, 0.5) is 0 Å². The van der Waals surface area contributed by atoms with Crippen molar-refractivity contribution in [2.24, 2.45) is 11.8 Å². The predicted molar refractivity (Wildman–Crippen MR) is 85.1 cm³/mol. The number of ether oxygens (including phenoxy) is 2. The van der Waals surface area contributed by atoms with Crippen molar-refractivity contribution in [3.05, 3.63) is 24.4 Å². The lowest BCUT2D eigenvalue weighted by Gasteiger charge is -2.50. The minimum Gasteiger partial charge on any atom is -0.478 e. The van der Waals surface area contributed by atoms with Gasteiger partial charge in [-0.1, -0.05) is 6.07 Å². The second kappa shape index (κ2) is 6.11. The van der Waals surface area contributed by atoms with E-state index in [1.807, 2.05) is 23.1 Å². The quantitative estimate of drug-likeness (QED) is 0.808. The van der Waals surface area contributed by atoms with Gasteiger partial charge in [-0.15, -0.1) is 0 Å². The fraction of sp³-hybridized carbons (Fsp3) is 0.667. The van der Waals surface area contributed by atoms with Crippen molar-refractivity contribution in [2.75, 3.05) is 26.3 Å². The van der Waals surface area contributed by atoms with Crippen molar-refractivity contribution in [1.82, 2.24) is 9.88 Å². The molecule has 2 saturated heterocycles. The van der Waals surface area contributed by atoms with Gasteiger partial charge in [-0.2, -0.15) is 0 Å². The third-order valence-electron chi connectivity index (χ3n) is 5.38. The molecule has 124 valence electrons. The first-order valence-electron chi connectivity index (χ1n) is 8.71. The van der Waals surface area contributed by atoms with E-state index in [4.69, 9.17) is 9.47 Å². The Hall–Kier alpha value is -1.62. The molecule has 3 aliphatic rings. The van der Waals surface area contributed by atoms with Crippen LogP contribution in [-0.2, 0) is 9.53 Å². The summed E-state index contributed by atoms with van der Waals surface area (Å²) in [5.41, 5.74) is -0.104. The lowest BCUT2D eigenvalue weighted by molar-refractivity contribution is -0.166. The van der Waals surface area contributed by atoms with Crippen molar-refractivity contribution >= 4 is 5.91 Å². The van der Waals surface area contributed by atoms with Crippen molar-refractivity contribution in [1.29, 1.82) is 0 Å². The van der Waals surface area contributed by atoms with E-state index in [1.165, 1.54) is 12.8 Å². The number of aromatic nitrogens is 1. The van der Waals surface area contributed by atoms with Crippen molar-refractivity contribution in [3.8, 4) is 5.88 Å². The lowest BCUT2D eigenvalue weighted by atomic mass is 9.79. The van der Waals surface area contributed by atoms with E-state index < -0.39 is 0 Å². The molecule has 1 saturated carbocycles. The van der Waals surface area contributed by atoms with E-state index in [2.05, 4.69) is 4.98 Å². The Kier molecular flexibility index (Phi) is 3.97. The molecule has 1 spiro atoms. The van der Waals surface area contributed by atoms with Crippen LogP contribution < -0.4 is 4.74 Å². The normalized spacial score (nSPS) is 25.4. The summed E-state index contributed by atoms with van der Waals surface area (Å²) in [7, 11) is 0. The molecule has 2 aliphatic heterocycles. The fourth-order valence-corrected chi connectivity index (χ4v) is 3.75. The molecule has 4 rings (SSSR count). The smallest absolute Gasteiger partial charge is 0.223 e. The SMILES string of the molecule is O=C(CC1CC1)N1CC2(C1)OCC[C@H]2CCOc1ccccn1. The van der Waals surface area contributed by atoms with Crippen molar-refractivity contribution in [3.63, 3.8) is 0 Å². The number of likely N-dealkylation sites (tertiary alicyclic amines) is 1. The molecule has 0 radical (unpaired) electrons. The molecule has 5 heteroatoms. The molecule has 3 heterocycles. The van der Waals surface area contributed by atoms with Crippen LogP contribution in [0.15, 0.2) is 24.4 Å². The molecule has 0 bridgehead atoms. The summed E-state index contributed by atoms with van der Waals surface area (Å²) < 4.78 is 11.7. The molecule has 1 aromatic rings. The highest BCUT2D eigenvalue weighted by molar-refractivity contribution is 5.78. The van der Waals surface area contributed by atoms with Crippen molar-refractivity contribution in [2.45, 2.75) is 37.7 Å². The Morgan fingerprint density at radius 2 is 2.22 bits per heavy atom. The highest BCUT2D eigenvalue weighted by Crippen LogP contribution is 2.43. The Bertz CT molecular complexity index is 553. The van der Waals surface area contributed by atoms with Gasteiger partial charge in [-0.3, -0.25) is 4.79 Å². The number of hydrogen-bond acceptors (Lipinski definition) is 4. The molecule has 1 aliphatic carbocycles. The molecule has 23 heavy (non-hydrogen) atoms. The molecule has 1 aromatic heterocycles. The number of hydrogen-bond donors (Lipinski definition) is 0. The van der Waals surface area contributed by atoms with Gasteiger partial charge >= 0.3 is 0 Å². The maximum atomic E-state index is 12.2. The minimum atomic E-state index is -0.104. The number of pyridine rings is 1. The number of nitrogens with zero attached hydrogens (tertiary/aromatic N) is 2. The zero-order valence-corrected chi connectivity index (χ0v) is 13.4. The van der Waals surface area contributed by atoms with Crippen LogP contribution >= 0.6 is 0 Å². The molecule has 5 nitrogen and oxygen atoms in total. The molecular weight excluding hydrogens is 292 g/mol. The van der Waals surface area contributed by atoms with Crippen LogP contribution in [0.1, 0.15) is 32.1 Å². The van der Waals surface area contributed by atoms with Crippen LogP contribution in [-0.4, -0.2) is 47.7 Å². The first-order chi connectivity index (χ1) is 11.3. The predicted octanol–water partition coefficient (Wildman–Crippen LogP) is 2.27. The number of carbonyl (C=O) groups is 1. The summed E-state index contributed by atoms with van der Waals surface area (Å²) in [5, 5.41) is 0. The number of amides is 1. The lowest BCUT2D eigenvalue weighted by Crippen LogP contribution is -2.66. The summed E-state index contributed by atoms with van der Waals surface area (Å²) >= 11 is 0. The average Bonchev–Trinajstić information content (AvgIpc) is 3.23. The maximum absolute atomic E-state index is 12.2. The topological polar surface area (TPSA) is 51.7 Å². The van der Waals surface area contributed by atoms with Gasteiger partial charge in [0, 0.05) is 25.3 Å². The van der Waals surface area contributed by atoms with Crippen LogP contribution in [0.25, 0.3) is 0 Å². The molecule has 1 amide bonds. The van der Waals surface area contributed by atoms with E-state index in [9.17, 15) is 4.79 Å². The summed E-state index contributed by atoms with van der Waals surface area (Å²) in [6.45, 7) is 3.00. The van der Waals surface area contributed by atoms with E-state index in [0.29, 0.717) is 30.2 Å². The molecule has 3 fully saturated rings. The zero-order valence-electron chi connectivity index (χ0n) is 13.4. The monoisotopic (exact) mass is 316 g/mol. The largest absolute Gasteiger partial charge is 0.478 e. The van der Waals surface area contributed by atoms with Crippen LogP contribution in [0.3, 0.4) is 0 Å². The van der Waals surface area contributed by atoms with Gasteiger partial charge in [0.2, 0.25) is 11.8 Å². The second-order valence-electron chi connectivity index (χ2n) is 7.10. The minimum absolute atomic E-state index is 0.104. The summed E-state index contributed by atoms with van der Waals surface area (Å²) in [4.78, 5) is 18.3. The highest BCUT2D eigenvalue weighted by atomic mass is 16.5. The highest BCUT2D eigenvalue weighted by Gasteiger charge is 2.54. The molecular formula is C18H24N2O3. The summed E-state index contributed by atoms with van der Waals surface area (Å²) in [6, 6.07) is 5.69. The molecule has 1 atom stereocenters. The van der Waals surface area contributed by atoms with Gasteiger partial charge in [-0.25, -0.2) is 4.98 Å². The first kappa shape index (κ1) is 14.9. The van der Waals surface area contributed by atoms with Crippen molar-refractivity contribution < 1.29 is 14.3 Å². The van der Waals surface area contributed by atoms with Gasteiger partial charge in [0.15, 0.2) is 0 Å². The Morgan fingerprint density at radius 1 is 1.35 bits per heavy atom. The van der Waals surface area contributed by atoms with E-state index in [0.717, 1.165) is 39.0 Å². The van der Waals surface area contributed by atoms with Crippen LogP contribution in [0.2, 0.25) is 0 Å². The Morgan fingerprint density at radius 3 is 2.96 bits per heavy atom. The fourth-order valence-electron chi connectivity index (χ4n) is 3.75. The van der Waals surface area contributed by atoms with E-state index in [1.54, 1.807) is 6.20 Å². The van der Waals surface area contributed by atoms with Gasteiger partial charge in [-0.05, 0) is 43.6 Å². The third kappa shape index (κ3) is 3.20. The van der Waals surface area contributed by atoms with Crippen LogP contribution in [0, 0.1) is 11.8 Å². The zero-order chi connectivity index (χ0) is 15.7. The maximum Gasteiger partial charge on any atom is 0.223 e. The Labute approximate surface area is 137 Å². The van der Waals surface area contributed by atoms with E-state index >= 15 is 0 Å². The first-order valence-corrected chi connectivity index (χ1v) is 8.71. The van der Waals surface area contributed by atoms with Gasteiger partial charge in [0.1, 0.15) is 5.60 Å².